The zero-order valence-corrected chi connectivity index (χ0v) is 19.8. The van der Waals surface area contributed by atoms with Gasteiger partial charge in [-0.25, -0.2) is 14.5 Å². The first-order valence-corrected chi connectivity index (χ1v) is 12.2. The van der Waals surface area contributed by atoms with E-state index in [2.05, 4.69) is 9.88 Å². The second-order valence-electron chi connectivity index (χ2n) is 8.72. The highest BCUT2D eigenvalue weighted by Crippen LogP contribution is 2.42. The number of benzene rings is 1. The molecular formula is C26H33FN4O3. The fourth-order valence-electron chi connectivity index (χ4n) is 4.45. The van der Waals surface area contributed by atoms with Crippen molar-refractivity contribution >= 4 is 22.7 Å². The zero-order chi connectivity index (χ0) is 23.9. The van der Waals surface area contributed by atoms with Gasteiger partial charge in [-0.2, -0.15) is 5.10 Å². The maximum Gasteiger partial charge on any atom is 0.354 e. The Hall–Kier alpha value is -3.00. The summed E-state index contributed by atoms with van der Waals surface area (Å²) in [6, 6.07) is 11.3. The molecule has 1 N–H and O–H groups in total. The zero-order valence-electron chi connectivity index (χ0n) is 19.8. The molecule has 0 radical (unpaired) electrons. The average molecular weight is 469 g/mol. The van der Waals surface area contributed by atoms with Crippen LogP contribution in [0.3, 0.4) is 0 Å². The van der Waals surface area contributed by atoms with Crippen molar-refractivity contribution in [3.05, 3.63) is 47.8 Å². The van der Waals surface area contributed by atoms with E-state index in [0.29, 0.717) is 44.3 Å². The molecule has 0 saturated heterocycles. The van der Waals surface area contributed by atoms with Gasteiger partial charge in [0.2, 0.25) is 0 Å². The largest absolute Gasteiger partial charge is 0.477 e. The van der Waals surface area contributed by atoms with Crippen LogP contribution < -0.4 is 4.90 Å². The van der Waals surface area contributed by atoms with Gasteiger partial charge in [0.15, 0.2) is 11.3 Å². The van der Waals surface area contributed by atoms with E-state index >= 15 is 0 Å². The number of aromatic nitrogens is 3. The smallest absolute Gasteiger partial charge is 0.354 e. The van der Waals surface area contributed by atoms with Gasteiger partial charge in [-0.1, -0.05) is 24.6 Å². The molecule has 0 amide bonds. The highest BCUT2D eigenvalue weighted by Gasteiger charge is 2.30. The summed E-state index contributed by atoms with van der Waals surface area (Å²) in [7, 11) is 0. The van der Waals surface area contributed by atoms with E-state index in [1.807, 2.05) is 37.3 Å². The number of aromatic carboxylic acids is 1. The van der Waals surface area contributed by atoms with Crippen LogP contribution in [0.5, 0.6) is 0 Å². The lowest BCUT2D eigenvalue weighted by Gasteiger charge is -2.28. The molecule has 3 aromatic rings. The monoisotopic (exact) mass is 468 g/mol. The van der Waals surface area contributed by atoms with E-state index < -0.39 is 12.6 Å². The van der Waals surface area contributed by atoms with Crippen LogP contribution in [0.4, 0.5) is 10.1 Å². The van der Waals surface area contributed by atoms with Gasteiger partial charge in [0.1, 0.15) is 0 Å². The van der Waals surface area contributed by atoms with E-state index in [0.717, 1.165) is 54.6 Å². The van der Waals surface area contributed by atoms with E-state index in [9.17, 15) is 14.3 Å². The second-order valence-corrected chi connectivity index (χ2v) is 8.72. The van der Waals surface area contributed by atoms with Crippen molar-refractivity contribution in [1.29, 1.82) is 0 Å². The normalized spacial score (nSPS) is 13.8. The topological polar surface area (TPSA) is 80.5 Å². The van der Waals surface area contributed by atoms with Crippen molar-refractivity contribution in [3.63, 3.8) is 0 Å². The lowest BCUT2D eigenvalue weighted by atomic mass is 9.82. The molecule has 0 bridgehead atoms. The van der Waals surface area contributed by atoms with Crippen LogP contribution in [0, 0.1) is 0 Å². The molecule has 2 aromatic heterocycles. The predicted octanol–water partition coefficient (Wildman–Crippen LogP) is 5.37. The molecular weight excluding hydrogens is 435 g/mol. The highest BCUT2D eigenvalue weighted by molar-refractivity contribution is 5.98. The van der Waals surface area contributed by atoms with Gasteiger partial charge in [-0.05, 0) is 57.2 Å². The molecule has 1 aromatic carbocycles. The number of fused-ring (bicyclic) bond motifs is 1. The third-order valence-electron chi connectivity index (χ3n) is 6.43. The first-order chi connectivity index (χ1) is 16.6. The summed E-state index contributed by atoms with van der Waals surface area (Å²) in [5.74, 6) is -0.763. The summed E-state index contributed by atoms with van der Waals surface area (Å²) in [5.41, 5.74) is 3.11. The van der Waals surface area contributed by atoms with Gasteiger partial charge in [0.25, 0.3) is 0 Å². The summed E-state index contributed by atoms with van der Waals surface area (Å²) >= 11 is 0. The molecule has 1 aliphatic carbocycles. The summed E-state index contributed by atoms with van der Waals surface area (Å²) in [6.45, 7) is 4.10. The molecule has 8 heteroatoms. The number of ether oxygens (including phenoxy) is 1. The van der Waals surface area contributed by atoms with Crippen LogP contribution in [0.25, 0.3) is 16.7 Å². The first kappa shape index (κ1) is 24.1. The molecule has 0 aliphatic heterocycles. The lowest BCUT2D eigenvalue weighted by Crippen LogP contribution is -2.27. The Bertz CT molecular complexity index is 1100. The number of pyridine rings is 1. The van der Waals surface area contributed by atoms with Crippen LogP contribution in [-0.4, -0.2) is 58.8 Å². The van der Waals surface area contributed by atoms with Gasteiger partial charge < -0.3 is 14.7 Å². The molecule has 4 rings (SSSR count). The molecule has 0 spiro atoms. The van der Waals surface area contributed by atoms with Crippen molar-refractivity contribution in [2.75, 3.05) is 37.9 Å². The van der Waals surface area contributed by atoms with E-state index in [1.165, 1.54) is 0 Å². The molecule has 1 fully saturated rings. The number of carboxylic acid groups (broad SMARTS) is 1. The van der Waals surface area contributed by atoms with Gasteiger partial charge in [0, 0.05) is 32.2 Å². The van der Waals surface area contributed by atoms with Crippen molar-refractivity contribution in [1.82, 2.24) is 14.8 Å². The van der Waals surface area contributed by atoms with Crippen molar-refractivity contribution < 1.29 is 19.0 Å². The Morgan fingerprint density at radius 1 is 1.21 bits per heavy atom. The number of unbranched alkanes of at least 4 members (excludes halogenated alkanes) is 1. The highest BCUT2D eigenvalue weighted by atomic mass is 19.1. The fourth-order valence-corrected chi connectivity index (χ4v) is 4.45. The molecule has 2 heterocycles. The quantitative estimate of drug-likeness (QED) is 0.340. The third kappa shape index (κ3) is 5.22. The number of carboxylic acids is 1. The summed E-state index contributed by atoms with van der Waals surface area (Å²) < 4.78 is 20.4. The van der Waals surface area contributed by atoms with Crippen LogP contribution in [0.1, 0.15) is 67.5 Å². The second kappa shape index (κ2) is 11.4. The number of hydrogen-bond donors (Lipinski definition) is 1. The minimum absolute atomic E-state index is 0.0284. The number of carbonyl (C=O) groups is 1. The fraction of sp³-hybridized carbons (Fsp3) is 0.500. The van der Waals surface area contributed by atoms with Gasteiger partial charge in [-0.15, -0.1) is 0 Å². The molecule has 0 atom stereocenters. The minimum atomic E-state index is -1.09. The average Bonchev–Trinajstić information content (AvgIpc) is 3.19. The van der Waals surface area contributed by atoms with Crippen molar-refractivity contribution in [3.8, 4) is 5.69 Å². The number of anilines is 1. The minimum Gasteiger partial charge on any atom is -0.477 e. The van der Waals surface area contributed by atoms with Crippen molar-refractivity contribution in [2.24, 2.45) is 0 Å². The maximum atomic E-state index is 13.2. The predicted molar refractivity (Wildman–Crippen MR) is 131 cm³/mol. The summed E-state index contributed by atoms with van der Waals surface area (Å²) in [5, 5.41) is 15.7. The van der Waals surface area contributed by atoms with E-state index in [-0.39, 0.29) is 5.69 Å². The number of alkyl halides is 1. The molecule has 1 saturated carbocycles. The Kier molecular flexibility index (Phi) is 8.11. The molecule has 34 heavy (non-hydrogen) atoms. The lowest BCUT2D eigenvalue weighted by molar-refractivity contribution is 0.0691. The Balaban J connectivity index is 1.84. The maximum absolute atomic E-state index is 13.2. The number of halogens is 1. The van der Waals surface area contributed by atoms with Crippen LogP contribution in [0.15, 0.2) is 36.4 Å². The van der Waals surface area contributed by atoms with Gasteiger partial charge >= 0.3 is 5.97 Å². The Morgan fingerprint density at radius 3 is 2.62 bits per heavy atom. The number of hydrogen-bond acceptors (Lipinski definition) is 5. The van der Waals surface area contributed by atoms with Crippen molar-refractivity contribution in [2.45, 2.75) is 51.4 Å². The van der Waals surface area contributed by atoms with E-state index in [4.69, 9.17) is 9.84 Å². The standard InChI is InChI=1S/C26H33FN4O3/c1-2-34-17-7-6-15-30(16-9-14-27)22-18-21(26(32)33)28-25-23(22)24(19-10-8-11-19)29-31(25)20-12-4-3-5-13-20/h3-5,12-13,18-19H,2,6-11,14-17H2,1H3,(H,32,33). The number of para-hydroxylation sites is 1. The number of nitrogens with zero attached hydrogens (tertiary/aromatic N) is 4. The van der Waals surface area contributed by atoms with E-state index in [1.54, 1.807) is 10.7 Å². The van der Waals surface area contributed by atoms with Gasteiger partial charge in [0.05, 0.1) is 29.1 Å². The first-order valence-electron chi connectivity index (χ1n) is 12.2. The van der Waals surface area contributed by atoms with Crippen LogP contribution in [0.2, 0.25) is 0 Å². The summed E-state index contributed by atoms with van der Waals surface area (Å²) in [6.07, 6.45) is 5.40. The summed E-state index contributed by atoms with van der Waals surface area (Å²) in [4.78, 5) is 18.7. The number of rotatable bonds is 13. The van der Waals surface area contributed by atoms with Gasteiger partial charge in [-0.3, -0.25) is 4.39 Å². The molecule has 1 aliphatic rings. The Morgan fingerprint density at radius 2 is 1.97 bits per heavy atom. The van der Waals surface area contributed by atoms with Crippen LogP contribution >= 0.6 is 0 Å². The Labute approximate surface area is 199 Å². The SMILES string of the molecule is CCOCCCCN(CCCF)c1cc(C(=O)O)nc2c1c(C1CCC1)nn2-c1ccccc1. The molecule has 7 nitrogen and oxygen atoms in total. The molecule has 0 unspecified atom stereocenters. The third-order valence-corrected chi connectivity index (χ3v) is 6.43. The molecule has 182 valence electrons. The van der Waals surface area contributed by atoms with Crippen LogP contribution in [-0.2, 0) is 4.74 Å².